The van der Waals surface area contributed by atoms with Crippen molar-refractivity contribution in [3.05, 3.63) is 29.6 Å². The van der Waals surface area contributed by atoms with Crippen molar-refractivity contribution in [3.8, 4) is 5.75 Å². The summed E-state index contributed by atoms with van der Waals surface area (Å²) in [6, 6.07) is 2.00. The lowest BCUT2D eigenvalue weighted by molar-refractivity contribution is -0.200. The van der Waals surface area contributed by atoms with Gasteiger partial charge in [-0.05, 0) is 50.7 Å². The average molecular weight is 518 g/mol. The molecule has 12 heteroatoms. The van der Waals surface area contributed by atoms with Gasteiger partial charge in [0.1, 0.15) is 11.9 Å². The second-order valence-electron chi connectivity index (χ2n) is 9.17. The maximum absolute atomic E-state index is 12.7. The minimum atomic E-state index is -4.58. The van der Waals surface area contributed by atoms with Crippen LogP contribution in [0.3, 0.4) is 0 Å². The molecule has 1 amide bonds. The van der Waals surface area contributed by atoms with Crippen LogP contribution in [0.25, 0.3) is 5.57 Å². The lowest BCUT2D eigenvalue weighted by atomic mass is 9.89. The zero-order valence-corrected chi connectivity index (χ0v) is 20.6. The van der Waals surface area contributed by atoms with E-state index in [1.807, 2.05) is 12.1 Å². The van der Waals surface area contributed by atoms with E-state index in [4.69, 9.17) is 4.74 Å². The number of rotatable bonds is 5. The summed E-state index contributed by atoms with van der Waals surface area (Å²) in [5.74, 6) is 0.960. The van der Waals surface area contributed by atoms with Gasteiger partial charge >= 0.3 is 12.3 Å². The second-order valence-corrected chi connectivity index (χ2v) is 11.4. The predicted octanol–water partition coefficient (Wildman–Crippen LogP) is 3.62. The van der Waals surface area contributed by atoms with E-state index in [0.717, 1.165) is 23.8 Å². The molecular weight excluding hydrogens is 487 g/mol. The Bertz CT molecular complexity index is 1080. The molecule has 2 atom stereocenters. The fourth-order valence-electron chi connectivity index (χ4n) is 4.67. The molecule has 0 N–H and O–H groups in total. The molecule has 194 valence electrons. The van der Waals surface area contributed by atoms with Crippen LogP contribution in [0.1, 0.15) is 44.4 Å². The summed E-state index contributed by atoms with van der Waals surface area (Å²) in [5.41, 5.74) is 2.86. The third-order valence-corrected chi connectivity index (χ3v) is 8.82. The quantitative estimate of drug-likeness (QED) is 0.593. The van der Waals surface area contributed by atoms with Crippen LogP contribution >= 0.6 is 0 Å². The number of hydrogen-bond acceptors (Lipinski definition) is 6. The third-order valence-electron chi connectivity index (χ3n) is 6.97. The summed E-state index contributed by atoms with van der Waals surface area (Å²) in [6.45, 7) is 3.87. The van der Waals surface area contributed by atoms with Crippen LogP contribution in [-0.4, -0.2) is 79.0 Å². The van der Waals surface area contributed by atoms with E-state index >= 15 is 0 Å². The Morgan fingerprint density at radius 3 is 2.60 bits per heavy atom. The van der Waals surface area contributed by atoms with Crippen molar-refractivity contribution in [2.24, 2.45) is 5.92 Å². The summed E-state index contributed by atoms with van der Waals surface area (Å²) in [6.07, 6.45) is -1.62. The van der Waals surface area contributed by atoms with Gasteiger partial charge in [0.2, 0.25) is 10.0 Å². The van der Waals surface area contributed by atoms with Gasteiger partial charge in [-0.25, -0.2) is 13.2 Å². The Hall–Kier alpha value is -2.34. The van der Waals surface area contributed by atoms with Gasteiger partial charge in [0.05, 0.1) is 17.6 Å². The maximum atomic E-state index is 12.7. The molecule has 3 aliphatic rings. The SMILES string of the molecule is CCS(=O)(=O)N1CC=C(c2cc3c(cn2)OC(C2CCN(C(=O)OC(C)C(F)(F)F)CC2)C3)CC1. The van der Waals surface area contributed by atoms with Crippen LogP contribution in [0.5, 0.6) is 5.75 Å². The van der Waals surface area contributed by atoms with Gasteiger partial charge in [-0.3, -0.25) is 4.98 Å². The predicted molar refractivity (Wildman–Crippen MR) is 122 cm³/mol. The molecule has 35 heavy (non-hydrogen) atoms. The van der Waals surface area contributed by atoms with Gasteiger partial charge in [-0.1, -0.05) is 6.08 Å². The molecule has 0 radical (unpaired) electrons. The average Bonchev–Trinajstić information content (AvgIpc) is 3.27. The van der Waals surface area contributed by atoms with Crippen molar-refractivity contribution < 1.29 is 35.9 Å². The number of nitrogens with zero attached hydrogens (tertiary/aromatic N) is 3. The monoisotopic (exact) mass is 517 g/mol. The number of fused-ring (bicyclic) bond motifs is 1. The molecule has 4 heterocycles. The van der Waals surface area contributed by atoms with Crippen LogP contribution in [0.15, 0.2) is 18.3 Å². The number of sulfonamides is 1. The highest BCUT2D eigenvalue weighted by Crippen LogP contribution is 2.37. The first-order valence-electron chi connectivity index (χ1n) is 11.8. The number of aromatic nitrogens is 1. The molecule has 1 saturated heterocycles. The van der Waals surface area contributed by atoms with Gasteiger partial charge in [-0.15, -0.1) is 0 Å². The molecule has 4 rings (SSSR count). The highest BCUT2D eigenvalue weighted by atomic mass is 32.2. The number of halogens is 3. The zero-order valence-electron chi connectivity index (χ0n) is 19.8. The number of piperidine rings is 1. The normalized spacial score (nSPS) is 22.8. The number of ether oxygens (including phenoxy) is 2. The molecular formula is C23H30F3N3O5S. The number of alkyl halides is 3. The first-order valence-corrected chi connectivity index (χ1v) is 13.4. The molecule has 1 aromatic heterocycles. The largest absolute Gasteiger partial charge is 0.488 e. The highest BCUT2D eigenvalue weighted by Gasteiger charge is 2.41. The van der Waals surface area contributed by atoms with Gasteiger partial charge in [-0.2, -0.15) is 17.5 Å². The van der Waals surface area contributed by atoms with Gasteiger partial charge in [0.15, 0.2) is 6.10 Å². The van der Waals surface area contributed by atoms with Crippen LogP contribution in [0.2, 0.25) is 0 Å². The molecule has 0 spiro atoms. The van der Waals surface area contributed by atoms with E-state index in [2.05, 4.69) is 9.72 Å². The van der Waals surface area contributed by atoms with Crippen molar-refractivity contribution in [3.63, 3.8) is 0 Å². The fourth-order valence-corrected chi connectivity index (χ4v) is 5.71. The summed E-state index contributed by atoms with van der Waals surface area (Å²) in [5, 5.41) is 0. The minimum Gasteiger partial charge on any atom is -0.488 e. The van der Waals surface area contributed by atoms with Crippen LogP contribution < -0.4 is 4.74 Å². The van der Waals surface area contributed by atoms with Crippen molar-refractivity contribution in [2.75, 3.05) is 31.9 Å². The number of pyridine rings is 1. The third kappa shape index (κ3) is 5.74. The number of amides is 1. The minimum absolute atomic E-state index is 0.0821. The summed E-state index contributed by atoms with van der Waals surface area (Å²) in [4.78, 5) is 17.9. The molecule has 1 aromatic rings. The van der Waals surface area contributed by atoms with E-state index in [9.17, 15) is 26.4 Å². The van der Waals surface area contributed by atoms with E-state index in [1.54, 1.807) is 13.1 Å². The molecule has 0 aliphatic carbocycles. The Balaban J connectivity index is 1.32. The van der Waals surface area contributed by atoms with Crippen molar-refractivity contribution in [1.29, 1.82) is 0 Å². The smallest absolute Gasteiger partial charge is 0.425 e. The van der Waals surface area contributed by atoms with Crippen molar-refractivity contribution in [1.82, 2.24) is 14.2 Å². The van der Waals surface area contributed by atoms with Gasteiger partial charge in [0.25, 0.3) is 0 Å². The summed E-state index contributed by atoms with van der Waals surface area (Å²) >= 11 is 0. The van der Waals surface area contributed by atoms with Gasteiger partial charge in [0, 0.05) is 38.2 Å². The first-order chi connectivity index (χ1) is 16.5. The van der Waals surface area contributed by atoms with E-state index in [0.29, 0.717) is 57.6 Å². The standard InChI is InChI=1S/C23H30F3N3O5S/c1-3-35(31,32)29-10-6-16(7-11-29)19-12-18-13-20(34-21(18)14-27-19)17-4-8-28(9-5-17)22(30)33-15(2)23(24,25)26/h6,12,14-15,17,20H,3-5,7-11,13H2,1-2H3. The van der Waals surface area contributed by atoms with Crippen LogP contribution in [0, 0.1) is 5.92 Å². The van der Waals surface area contributed by atoms with Crippen LogP contribution in [0.4, 0.5) is 18.0 Å². The Kier molecular flexibility index (Phi) is 7.33. The molecule has 0 bridgehead atoms. The lowest BCUT2D eigenvalue weighted by Gasteiger charge is -2.34. The molecule has 0 aromatic carbocycles. The topological polar surface area (TPSA) is 89.0 Å². The van der Waals surface area contributed by atoms with Gasteiger partial charge < -0.3 is 14.4 Å². The molecule has 0 saturated carbocycles. The molecule has 2 unspecified atom stereocenters. The number of carbonyl (C=O) groups excluding carboxylic acids is 1. The van der Waals surface area contributed by atoms with E-state index in [1.165, 1.54) is 9.21 Å². The van der Waals surface area contributed by atoms with Crippen molar-refractivity contribution >= 4 is 21.7 Å². The lowest BCUT2D eigenvalue weighted by Crippen LogP contribution is -2.44. The highest BCUT2D eigenvalue weighted by molar-refractivity contribution is 7.89. The Morgan fingerprint density at radius 2 is 2.00 bits per heavy atom. The number of hydrogen-bond donors (Lipinski definition) is 0. The fraction of sp³-hybridized carbons (Fsp3) is 0.652. The second kappa shape index (κ2) is 9.96. The maximum Gasteiger partial charge on any atom is 0.425 e. The zero-order chi connectivity index (χ0) is 25.4. The number of likely N-dealkylation sites (tertiary alicyclic amines) is 1. The number of carbonyl (C=O) groups is 1. The van der Waals surface area contributed by atoms with E-state index < -0.39 is 28.4 Å². The van der Waals surface area contributed by atoms with Crippen LogP contribution in [-0.2, 0) is 21.2 Å². The van der Waals surface area contributed by atoms with E-state index in [-0.39, 0.29) is 17.8 Å². The molecule has 8 nitrogen and oxygen atoms in total. The van der Waals surface area contributed by atoms with Crippen molar-refractivity contribution in [2.45, 2.75) is 57.9 Å². The Morgan fingerprint density at radius 1 is 1.29 bits per heavy atom. The summed E-state index contributed by atoms with van der Waals surface area (Å²) < 4.78 is 74.2. The first kappa shape index (κ1) is 25.7. The summed E-state index contributed by atoms with van der Waals surface area (Å²) in [7, 11) is -3.21. The molecule has 3 aliphatic heterocycles. The molecule has 1 fully saturated rings. The Labute approximate surface area is 203 Å².